The molecule has 0 saturated carbocycles. The van der Waals surface area contributed by atoms with Crippen LogP contribution in [0.15, 0.2) is 77.7 Å². The number of nitrogens with zero attached hydrogens (tertiary/aromatic N) is 2. The zero-order valence-corrected chi connectivity index (χ0v) is 19.6. The van der Waals surface area contributed by atoms with Crippen molar-refractivity contribution in [1.82, 2.24) is 9.80 Å². The number of halogens is 1. The molecule has 3 aromatic rings. The van der Waals surface area contributed by atoms with Crippen molar-refractivity contribution in [2.24, 2.45) is 0 Å². The maximum atomic E-state index is 13.9. The van der Waals surface area contributed by atoms with Crippen LogP contribution < -0.4 is 9.46 Å². The quantitative estimate of drug-likeness (QED) is 0.556. The van der Waals surface area contributed by atoms with E-state index in [1.54, 1.807) is 53.4 Å². The lowest BCUT2D eigenvalue weighted by atomic mass is 10.1. The Labute approximate surface area is 198 Å². The van der Waals surface area contributed by atoms with E-state index in [9.17, 15) is 17.6 Å². The first-order chi connectivity index (χ1) is 16.4. The number of methoxy groups -OCH3 is 1. The van der Waals surface area contributed by atoms with E-state index in [1.165, 1.54) is 25.3 Å². The van der Waals surface area contributed by atoms with Gasteiger partial charge in [-0.2, -0.15) is 0 Å². The fourth-order valence-corrected chi connectivity index (χ4v) is 4.93. The average molecular weight is 484 g/mol. The highest BCUT2D eigenvalue weighted by molar-refractivity contribution is 7.92. The van der Waals surface area contributed by atoms with Crippen molar-refractivity contribution in [2.45, 2.75) is 11.4 Å². The van der Waals surface area contributed by atoms with Crippen LogP contribution >= 0.6 is 0 Å². The van der Waals surface area contributed by atoms with Crippen LogP contribution in [0.5, 0.6) is 5.75 Å². The van der Waals surface area contributed by atoms with E-state index in [-0.39, 0.29) is 22.4 Å². The number of rotatable bonds is 7. The summed E-state index contributed by atoms with van der Waals surface area (Å²) in [4.78, 5) is 17.0. The molecule has 1 saturated heterocycles. The van der Waals surface area contributed by atoms with Crippen molar-refractivity contribution in [1.29, 1.82) is 0 Å². The van der Waals surface area contributed by atoms with Crippen LogP contribution in [0, 0.1) is 5.82 Å². The number of ether oxygens (including phenoxy) is 1. The second kappa shape index (κ2) is 10.2. The van der Waals surface area contributed by atoms with E-state index in [2.05, 4.69) is 9.62 Å². The lowest BCUT2D eigenvalue weighted by Crippen LogP contribution is -2.48. The highest BCUT2D eigenvalue weighted by atomic mass is 32.2. The molecular weight excluding hydrogens is 457 g/mol. The number of piperazine rings is 1. The lowest BCUT2D eigenvalue weighted by molar-refractivity contribution is 0.0628. The summed E-state index contributed by atoms with van der Waals surface area (Å²) in [6.45, 7) is 3.06. The van der Waals surface area contributed by atoms with Gasteiger partial charge in [0.25, 0.3) is 15.9 Å². The minimum atomic E-state index is -3.69. The molecule has 0 unspecified atom stereocenters. The van der Waals surface area contributed by atoms with Crippen molar-refractivity contribution >= 4 is 21.6 Å². The van der Waals surface area contributed by atoms with Gasteiger partial charge in [-0.05, 0) is 54.1 Å². The number of carbonyl (C=O) groups is 1. The first-order valence-electron chi connectivity index (χ1n) is 10.9. The standard InChI is InChI=1S/C25H26FN3O4S/c1-33-24-12-7-19(17-23(24)26)18-28-13-15-29(16-14-28)25(30)20-8-10-21(11-9-20)27-34(31,32)22-5-3-2-4-6-22/h2-12,17,27H,13-16,18H2,1H3. The van der Waals surface area contributed by atoms with Gasteiger partial charge in [-0.1, -0.05) is 24.3 Å². The molecule has 0 aliphatic carbocycles. The molecule has 1 N–H and O–H groups in total. The molecule has 1 aliphatic heterocycles. The van der Waals surface area contributed by atoms with E-state index in [4.69, 9.17) is 4.74 Å². The highest BCUT2D eigenvalue weighted by Gasteiger charge is 2.23. The van der Waals surface area contributed by atoms with Crippen LogP contribution in [-0.4, -0.2) is 57.4 Å². The van der Waals surface area contributed by atoms with E-state index in [0.29, 0.717) is 44.0 Å². The molecule has 1 amide bonds. The van der Waals surface area contributed by atoms with Gasteiger partial charge in [0, 0.05) is 44.0 Å². The van der Waals surface area contributed by atoms with Gasteiger partial charge in [0.05, 0.1) is 12.0 Å². The third-order valence-corrected chi connectivity index (χ3v) is 7.12. The summed E-state index contributed by atoms with van der Waals surface area (Å²) in [5.41, 5.74) is 1.73. The molecular formula is C25H26FN3O4S. The molecule has 0 atom stereocenters. The summed E-state index contributed by atoms with van der Waals surface area (Å²) in [6.07, 6.45) is 0. The second-order valence-electron chi connectivity index (χ2n) is 8.03. The first-order valence-corrected chi connectivity index (χ1v) is 12.4. The van der Waals surface area contributed by atoms with Gasteiger partial charge in [-0.15, -0.1) is 0 Å². The van der Waals surface area contributed by atoms with Crippen LogP contribution in [0.25, 0.3) is 0 Å². The smallest absolute Gasteiger partial charge is 0.261 e. The van der Waals surface area contributed by atoms with Gasteiger partial charge in [0.15, 0.2) is 11.6 Å². The Morgan fingerprint density at radius 2 is 1.65 bits per heavy atom. The van der Waals surface area contributed by atoms with Crippen molar-refractivity contribution in [3.8, 4) is 5.75 Å². The van der Waals surface area contributed by atoms with Gasteiger partial charge in [0.1, 0.15) is 0 Å². The SMILES string of the molecule is COc1ccc(CN2CCN(C(=O)c3ccc(NS(=O)(=O)c4ccccc4)cc3)CC2)cc1F. The third kappa shape index (κ3) is 5.55. The van der Waals surface area contributed by atoms with Gasteiger partial charge in [0.2, 0.25) is 0 Å². The second-order valence-corrected chi connectivity index (χ2v) is 9.72. The topological polar surface area (TPSA) is 79.0 Å². The largest absolute Gasteiger partial charge is 0.494 e. The molecule has 1 aliphatic rings. The molecule has 7 nitrogen and oxygen atoms in total. The Morgan fingerprint density at radius 1 is 0.971 bits per heavy atom. The van der Waals surface area contributed by atoms with Crippen LogP contribution in [0.3, 0.4) is 0 Å². The molecule has 178 valence electrons. The monoisotopic (exact) mass is 483 g/mol. The van der Waals surface area contributed by atoms with E-state index in [0.717, 1.165) is 5.56 Å². The fourth-order valence-electron chi connectivity index (χ4n) is 3.85. The van der Waals surface area contributed by atoms with Crippen molar-refractivity contribution in [2.75, 3.05) is 38.0 Å². The van der Waals surface area contributed by atoms with Gasteiger partial charge < -0.3 is 9.64 Å². The number of benzene rings is 3. The third-order valence-electron chi connectivity index (χ3n) is 5.72. The predicted molar refractivity (Wildman–Crippen MR) is 128 cm³/mol. The Bertz CT molecular complexity index is 1240. The van der Waals surface area contributed by atoms with Crippen LogP contribution in [0.4, 0.5) is 10.1 Å². The lowest BCUT2D eigenvalue weighted by Gasteiger charge is -2.34. The number of nitrogens with one attached hydrogen (secondary N) is 1. The Hall–Kier alpha value is -3.43. The van der Waals surface area contributed by atoms with Crippen molar-refractivity contribution < 1.29 is 22.3 Å². The molecule has 34 heavy (non-hydrogen) atoms. The Morgan fingerprint density at radius 3 is 2.26 bits per heavy atom. The molecule has 1 heterocycles. The van der Waals surface area contributed by atoms with Gasteiger partial charge in [-0.25, -0.2) is 12.8 Å². The number of anilines is 1. The molecule has 0 aromatic heterocycles. The fraction of sp³-hybridized carbons (Fsp3) is 0.240. The normalized spacial score (nSPS) is 14.6. The molecule has 9 heteroatoms. The molecule has 0 bridgehead atoms. The first kappa shape index (κ1) is 23.7. The number of hydrogen-bond donors (Lipinski definition) is 1. The van der Waals surface area contributed by atoms with Gasteiger partial charge in [-0.3, -0.25) is 14.4 Å². The summed E-state index contributed by atoms with van der Waals surface area (Å²) in [7, 11) is -2.25. The summed E-state index contributed by atoms with van der Waals surface area (Å²) in [6, 6.07) is 19.5. The number of sulfonamides is 1. The molecule has 1 fully saturated rings. The van der Waals surface area contributed by atoms with Gasteiger partial charge >= 0.3 is 0 Å². The average Bonchev–Trinajstić information content (AvgIpc) is 2.85. The Balaban J connectivity index is 1.32. The molecule has 3 aromatic carbocycles. The zero-order valence-electron chi connectivity index (χ0n) is 18.8. The maximum absolute atomic E-state index is 13.9. The van der Waals surface area contributed by atoms with E-state index >= 15 is 0 Å². The van der Waals surface area contributed by atoms with Crippen molar-refractivity contribution in [3.63, 3.8) is 0 Å². The van der Waals surface area contributed by atoms with Crippen LogP contribution in [0.1, 0.15) is 15.9 Å². The van der Waals surface area contributed by atoms with Crippen molar-refractivity contribution in [3.05, 3.63) is 89.7 Å². The molecule has 4 rings (SSSR count). The number of amides is 1. The maximum Gasteiger partial charge on any atom is 0.261 e. The number of carbonyl (C=O) groups excluding carboxylic acids is 1. The summed E-state index contributed by atoms with van der Waals surface area (Å²) in [5, 5.41) is 0. The Kier molecular flexibility index (Phi) is 7.14. The summed E-state index contributed by atoms with van der Waals surface area (Å²) >= 11 is 0. The molecule has 0 spiro atoms. The predicted octanol–water partition coefficient (Wildman–Crippen LogP) is 3.59. The van der Waals surface area contributed by atoms with E-state index in [1.807, 2.05) is 6.07 Å². The molecule has 0 radical (unpaired) electrons. The zero-order chi connectivity index (χ0) is 24.1. The minimum absolute atomic E-state index is 0.104. The highest BCUT2D eigenvalue weighted by Crippen LogP contribution is 2.20. The summed E-state index contributed by atoms with van der Waals surface area (Å²) < 4.78 is 46.3. The summed E-state index contributed by atoms with van der Waals surface area (Å²) in [5.74, 6) is -0.269. The minimum Gasteiger partial charge on any atom is -0.494 e. The van der Waals surface area contributed by atoms with Crippen LogP contribution in [-0.2, 0) is 16.6 Å². The van der Waals surface area contributed by atoms with E-state index < -0.39 is 10.0 Å². The number of hydrogen-bond acceptors (Lipinski definition) is 5. The van der Waals surface area contributed by atoms with Crippen LogP contribution in [0.2, 0.25) is 0 Å².